The second-order valence-corrected chi connectivity index (χ2v) is 7.74. The fraction of sp³-hybridized carbons (Fsp3) is 0.130. The second kappa shape index (κ2) is 5.89. The lowest BCUT2D eigenvalue weighted by atomic mass is 9.99. The first-order valence-electron chi connectivity index (χ1n) is 9.18. The van der Waals surface area contributed by atoms with E-state index in [1.165, 1.54) is 20.9 Å². The van der Waals surface area contributed by atoms with Gasteiger partial charge in [0.1, 0.15) is 11.2 Å². The Morgan fingerprint density at radius 1 is 0.885 bits per heavy atom. The topological polar surface area (TPSA) is 25.8 Å². The van der Waals surface area contributed by atoms with Crippen LogP contribution >= 0.6 is 11.3 Å². The van der Waals surface area contributed by atoms with Crippen LogP contribution in [0.5, 0.6) is 0 Å². The molecular formula is C23H18N2S. The van der Waals surface area contributed by atoms with Crippen LogP contribution in [0.25, 0.3) is 42.3 Å². The molecule has 0 radical (unpaired) electrons. The average molecular weight is 355 g/mol. The van der Waals surface area contributed by atoms with E-state index in [2.05, 4.69) is 58.5 Å². The molecule has 0 N–H and O–H groups in total. The van der Waals surface area contributed by atoms with E-state index in [0.717, 1.165) is 27.0 Å². The van der Waals surface area contributed by atoms with E-state index in [0.29, 0.717) is 0 Å². The number of hydrogen-bond donors (Lipinski definition) is 0. The quantitative estimate of drug-likeness (QED) is 0.348. The Hall–Kier alpha value is -2.78. The summed E-state index contributed by atoms with van der Waals surface area (Å²) in [5.41, 5.74) is 3.01. The Bertz CT molecular complexity index is 1300. The van der Waals surface area contributed by atoms with Crippen LogP contribution in [-0.2, 0) is 0 Å². The number of benzene rings is 3. The molecule has 5 aromatic rings. The molecule has 126 valence electrons. The molecule has 0 saturated carbocycles. The maximum atomic E-state index is 8.21. The van der Waals surface area contributed by atoms with Gasteiger partial charge in [0.05, 0.1) is 5.69 Å². The van der Waals surface area contributed by atoms with E-state index in [-0.39, 0.29) is 0 Å². The van der Waals surface area contributed by atoms with E-state index in [4.69, 9.17) is 1.37 Å². The third-order valence-corrected chi connectivity index (χ3v) is 6.04. The van der Waals surface area contributed by atoms with Crippen LogP contribution < -0.4 is 0 Å². The van der Waals surface area contributed by atoms with Crippen molar-refractivity contribution in [3.8, 4) is 11.3 Å². The second-order valence-electron chi connectivity index (χ2n) is 6.75. The Morgan fingerprint density at radius 3 is 2.50 bits per heavy atom. The number of nitrogens with zero attached hydrogens (tertiary/aromatic N) is 2. The van der Waals surface area contributed by atoms with Gasteiger partial charge in [-0.2, -0.15) is 0 Å². The minimum atomic E-state index is -0.604. The monoisotopic (exact) mass is 355 g/mol. The van der Waals surface area contributed by atoms with Crippen LogP contribution in [0.4, 0.5) is 0 Å². The van der Waals surface area contributed by atoms with Crippen LogP contribution in [0.1, 0.15) is 26.7 Å². The van der Waals surface area contributed by atoms with E-state index >= 15 is 0 Å². The van der Waals surface area contributed by atoms with Gasteiger partial charge in [0.25, 0.3) is 0 Å². The van der Waals surface area contributed by atoms with Crippen LogP contribution in [0.15, 0.2) is 67.0 Å². The highest BCUT2D eigenvalue weighted by Crippen LogP contribution is 2.40. The maximum Gasteiger partial charge on any atom is 0.128 e. The summed E-state index contributed by atoms with van der Waals surface area (Å²) in [5, 5.41) is 4.82. The van der Waals surface area contributed by atoms with E-state index in [9.17, 15) is 0 Å². The van der Waals surface area contributed by atoms with Crippen molar-refractivity contribution in [3.05, 3.63) is 72.6 Å². The lowest BCUT2D eigenvalue weighted by Gasteiger charge is -2.07. The minimum Gasteiger partial charge on any atom is -0.236 e. The van der Waals surface area contributed by atoms with E-state index in [1.807, 2.05) is 26.0 Å². The number of hydrogen-bond acceptors (Lipinski definition) is 3. The standard InChI is InChI=1S/C23H18N2S/c1-14(2)15-7-9-17(10-8-15)21-20-19-12-11-16-5-3-4-6-18(16)22(19)26-23(20)25-13-24-21/h3-14H,1-2H3/i14D. The number of fused-ring (bicyclic) bond motifs is 5. The molecule has 0 aliphatic heterocycles. The van der Waals surface area contributed by atoms with Gasteiger partial charge >= 0.3 is 0 Å². The van der Waals surface area contributed by atoms with Crippen molar-refractivity contribution in [3.63, 3.8) is 0 Å². The van der Waals surface area contributed by atoms with E-state index in [1.54, 1.807) is 17.7 Å². The van der Waals surface area contributed by atoms with Crippen LogP contribution in [0.2, 0.25) is 0 Å². The predicted molar refractivity (Wildman–Crippen MR) is 112 cm³/mol. The Morgan fingerprint density at radius 2 is 1.69 bits per heavy atom. The zero-order valence-electron chi connectivity index (χ0n) is 15.7. The molecule has 5 rings (SSSR count). The van der Waals surface area contributed by atoms with Gasteiger partial charge in [-0.3, -0.25) is 0 Å². The largest absolute Gasteiger partial charge is 0.236 e. The Balaban J connectivity index is 1.79. The summed E-state index contributed by atoms with van der Waals surface area (Å²) in [6, 6.07) is 21.0. The van der Waals surface area contributed by atoms with E-state index < -0.39 is 5.89 Å². The summed E-state index contributed by atoms with van der Waals surface area (Å²) in [6.45, 7) is 3.81. The summed E-state index contributed by atoms with van der Waals surface area (Å²) in [4.78, 5) is 10.2. The zero-order valence-corrected chi connectivity index (χ0v) is 15.5. The molecule has 2 nitrogen and oxygen atoms in total. The highest BCUT2D eigenvalue weighted by molar-refractivity contribution is 7.26. The van der Waals surface area contributed by atoms with Gasteiger partial charge in [0, 0.05) is 22.4 Å². The lowest BCUT2D eigenvalue weighted by Crippen LogP contribution is -1.89. The molecule has 0 aliphatic carbocycles. The van der Waals surface area contributed by atoms with Gasteiger partial charge in [-0.25, -0.2) is 9.97 Å². The number of thiophene rings is 1. The Kier molecular flexibility index (Phi) is 3.26. The van der Waals surface area contributed by atoms with Gasteiger partial charge in [0.2, 0.25) is 0 Å². The molecule has 0 spiro atoms. The maximum absolute atomic E-state index is 8.21. The van der Waals surface area contributed by atoms with Crippen molar-refractivity contribution in [1.29, 1.82) is 0 Å². The van der Waals surface area contributed by atoms with Gasteiger partial charge in [0.15, 0.2) is 0 Å². The molecule has 0 bridgehead atoms. The van der Waals surface area contributed by atoms with Gasteiger partial charge in [-0.1, -0.05) is 74.5 Å². The molecule has 3 heteroatoms. The van der Waals surface area contributed by atoms with Crippen molar-refractivity contribution in [2.24, 2.45) is 0 Å². The molecule has 2 heterocycles. The summed E-state index contributed by atoms with van der Waals surface area (Å²) in [5.74, 6) is -0.604. The molecule has 26 heavy (non-hydrogen) atoms. The molecule has 3 aromatic carbocycles. The highest BCUT2D eigenvalue weighted by Gasteiger charge is 2.15. The summed E-state index contributed by atoms with van der Waals surface area (Å²) in [6.07, 6.45) is 1.65. The third kappa shape index (κ3) is 2.31. The summed E-state index contributed by atoms with van der Waals surface area (Å²) in [7, 11) is 0. The van der Waals surface area contributed by atoms with Crippen LogP contribution in [0.3, 0.4) is 0 Å². The SMILES string of the molecule is [2H]C(C)(C)c1ccc(-c2ncnc3sc4c5ccccc5ccc4c23)cc1. The number of aromatic nitrogens is 2. The van der Waals surface area contributed by atoms with Crippen molar-refractivity contribution >= 4 is 42.4 Å². The van der Waals surface area contributed by atoms with Crippen molar-refractivity contribution < 1.29 is 1.37 Å². The van der Waals surface area contributed by atoms with Gasteiger partial charge in [-0.05, 0) is 22.2 Å². The predicted octanol–water partition coefficient (Wildman–Crippen LogP) is 6.79. The van der Waals surface area contributed by atoms with Gasteiger partial charge < -0.3 is 0 Å². The Labute approximate surface area is 157 Å². The first kappa shape index (κ1) is 14.4. The lowest BCUT2D eigenvalue weighted by molar-refractivity contribution is 0.867. The minimum absolute atomic E-state index is 0.604. The molecule has 0 atom stereocenters. The third-order valence-electron chi connectivity index (χ3n) is 4.90. The van der Waals surface area contributed by atoms with Crippen molar-refractivity contribution in [2.45, 2.75) is 19.7 Å². The fourth-order valence-electron chi connectivity index (χ4n) is 3.52. The first-order chi connectivity index (χ1) is 13.0. The van der Waals surface area contributed by atoms with Gasteiger partial charge in [-0.15, -0.1) is 11.3 Å². The molecular weight excluding hydrogens is 336 g/mol. The molecule has 0 unspecified atom stereocenters. The summed E-state index contributed by atoms with van der Waals surface area (Å²) < 4.78 is 9.47. The molecule has 0 fully saturated rings. The van der Waals surface area contributed by atoms with Crippen molar-refractivity contribution in [2.75, 3.05) is 0 Å². The molecule has 0 saturated heterocycles. The van der Waals surface area contributed by atoms with Crippen molar-refractivity contribution in [1.82, 2.24) is 9.97 Å². The smallest absolute Gasteiger partial charge is 0.128 e. The number of rotatable bonds is 2. The normalized spacial score (nSPS) is 12.8. The molecule has 2 aromatic heterocycles. The average Bonchev–Trinajstić information content (AvgIpc) is 3.07. The zero-order chi connectivity index (χ0) is 18.6. The first-order valence-corrected chi connectivity index (χ1v) is 9.50. The molecule has 0 aliphatic rings. The van der Waals surface area contributed by atoms with Crippen LogP contribution in [-0.4, -0.2) is 9.97 Å². The fourth-order valence-corrected chi connectivity index (χ4v) is 4.69. The van der Waals surface area contributed by atoms with Crippen LogP contribution in [0, 0.1) is 0 Å². The summed E-state index contributed by atoms with van der Waals surface area (Å²) >= 11 is 1.73. The molecule has 0 amide bonds. The highest BCUT2D eigenvalue weighted by atomic mass is 32.1.